The van der Waals surface area contributed by atoms with Crippen LogP contribution in [0.25, 0.3) is 0 Å². The summed E-state index contributed by atoms with van der Waals surface area (Å²) in [6, 6.07) is 0. The van der Waals surface area contributed by atoms with Crippen molar-refractivity contribution in [1.82, 2.24) is 0 Å². The molecule has 0 fully saturated rings. The Labute approximate surface area is 132 Å². The fourth-order valence-electron chi connectivity index (χ4n) is 0. The summed E-state index contributed by atoms with van der Waals surface area (Å²) in [6.07, 6.45) is 0. The van der Waals surface area contributed by atoms with Crippen LogP contribution in [0.2, 0.25) is 0 Å². The van der Waals surface area contributed by atoms with Crippen molar-refractivity contribution in [2.24, 2.45) is 0 Å². The molecule has 0 aliphatic carbocycles. The van der Waals surface area contributed by atoms with Crippen molar-refractivity contribution in [3.05, 3.63) is 0 Å². The van der Waals surface area contributed by atoms with Gasteiger partial charge in [-0.25, -0.2) is 0 Å². The minimum absolute atomic E-state index is 0. The van der Waals surface area contributed by atoms with Crippen molar-refractivity contribution in [2.45, 2.75) is 0 Å². The second-order valence-electron chi connectivity index (χ2n) is 0. The summed E-state index contributed by atoms with van der Waals surface area (Å²) >= 11 is 0. The van der Waals surface area contributed by atoms with Crippen LogP contribution in [-0.4, -0.2) is 103 Å². The molecule has 0 aliphatic rings. The van der Waals surface area contributed by atoms with Crippen LogP contribution in [0.1, 0.15) is 0 Å². The number of hydrogen-bond donors (Lipinski definition) is 0. The van der Waals surface area contributed by atoms with Gasteiger partial charge in [-0.1, -0.05) is 0 Å². The first kappa shape index (κ1) is 23.9. The first-order valence-electron chi connectivity index (χ1n) is 0. The summed E-state index contributed by atoms with van der Waals surface area (Å²) in [5.41, 5.74) is 0. The van der Waals surface area contributed by atoms with Crippen molar-refractivity contribution in [2.75, 3.05) is 0 Å². The molecule has 0 aromatic carbocycles. The molecule has 0 aromatic heterocycles. The maximum atomic E-state index is 0. The molecule has 0 rings (SSSR count). The van der Waals surface area contributed by atoms with Gasteiger partial charge in [-0.15, -0.1) is 0 Å². The molecule has 0 N–H and O–H groups in total. The summed E-state index contributed by atoms with van der Waals surface area (Å²) < 4.78 is 0. The smallest absolute Gasteiger partial charge is 0 e. The van der Waals surface area contributed by atoms with Crippen LogP contribution >= 0.6 is 0 Å². The van der Waals surface area contributed by atoms with Crippen LogP contribution in [-0.2, 0) is 34.1 Å². The third-order valence-corrected chi connectivity index (χ3v) is 0. The molecule has 0 saturated carbocycles. The molecule has 0 bridgehead atoms. The predicted octanol–water partition coefficient (Wildman–Crippen LogP) is -0.767. The van der Waals surface area contributed by atoms with E-state index in [4.69, 9.17) is 0 Å². The topological polar surface area (TPSA) is 0 Å². The van der Waals surface area contributed by atoms with Crippen LogP contribution < -0.4 is 0 Å². The molecule has 0 saturated heterocycles. The standard InChI is InChI=1S/2K.2Mn. The van der Waals surface area contributed by atoms with Gasteiger partial charge in [-0.2, -0.15) is 0 Å². The van der Waals surface area contributed by atoms with Crippen LogP contribution in [0.3, 0.4) is 0 Å². The van der Waals surface area contributed by atoms with E-state index in [1.54, 1.807) is 0 Å². The van der Waals surface area contributed by atoms with Crippen LogP contribution in [0.5, 0.6) is 0 Å². The molecule has 0 spiro atoms. The van der Waals surface area contributed by atoms with Gasteiger partial charge in [0.25, 0.3) is 0 Å². The van der Waals surface area contributed by atoms with Gasteiger partial charge >= 0.3 is 0 Å². The molecule has 4 heteroatoms. The van der Waals surface area contributed by atoms with E-state index in [0.29, 0.717) is 0 Å². The van der Waals surface area contributed by atoms with Crippen molar-refractivity contribution in [3.8, 4) is 0 Å². The molecule has 0 heterocycles. The normalized spacial score (nSPS) is 0. The summed E-state index contributed by atoms with van der Waals surface area (Å²) in [7, 11) is 0. The molecule has 0 aromatic rings. The Balaban J connectivity index is 0. The molecule has 0 aliphatic heterocycles. The molecule has 0 atom stereocenters. The summed E-state index contributed by atoms with van der Waals surface area (Å²) in [4.78, 5) is 0. The Morgan fingerprint density at radius 1 is 0.500 bits per heavy atom. The fourth-order valence-corrected chi connectivity index (χ4v) is 0. The average molecular weight is 188 g/mol. The number of rotatable bonds is 0. The van der Waals surface area contributed by atoms with Gasteiger partial charge in [0, 0.05) is 137 Å². The van der Waals surface area contributed by atoms with E-state index in [0.717, 1.165) is 0 Å². The summed E-state index contributed by atoms with van der Waals surface area (Å²) in [6.45, 7) is 0. The van der Waals surface area contributed by atoms with Crippen molar-refractivity contribution in [3.63, 3.8) is 0 Å². The van der Waals surface area contributed by atoms with Crippen LogP contribution in [0.15, 0.2) is 0 Å². The fraction of sp³-hybridized carbons (Fsp3) is 0. The monoisotopic (exact) mass is 188 g/mol. The van der Waals surface area contributed by atoms with E-state index in [2.05, 4.69) is 0 Å². The van der Waals surface area contributed by atoms with Crippen molar-refractivity contribution < 1.29 is 34.1 Å². The van der Waals surface area contributed by atoms with E-state index >= 15 is 0 Å². The zero-order valence-corrected chi connectivity index (χ0v) is 11.4. The molecular formula is K2Mn2. The first-order valence-corrected chi connectivity index (χ1v) is 0. The van der Waals surface area contributed by atoms with Gasteiger partial charge in [-0.3, -0.25) is 0 Å². The Bertz CT molecular complexity index is 4.00. The third kappa shape index (κ3) is 9.58. The first-order chi connectivity index (χ1) is 0. The molecule has 4 radical (unpaired) electrons. The largest absolute Gasteiger partial charge is 0 e. The van der Waals surface area contributed by atoms with Gasteiger partial charge in [-0.05, 0) is 0 Å². The second-order valence-corrected chi connectivity index (χ2v) is 0. The molecule has 0 nitrogen and oxygen atoms in total. The second kappa shape index (κ2) is 15.7. The van der Waals surface area contributed by atoms with Gasteiger partial charge in [0.2, 0.25) is 0 Å². The van der Waals surface area contributed by atoms with E-state index in [9.17, 15) is 0 Å². The zero-order chi connectivity index (χ0) is 0. The van der Waals surface area contributed by atoms with E-state index in [1.165, 1.54) is 0 Å². The third-order valence-electron chi connectivity index (χ3n) is 0. The number of hydrogen-bond acceptors (Lipinski definition) is 0. The maximum Gasteiger partial charge on any atom is 0 e. The van der Waals surface area contributed by atoms with Crippen molar-refractivity contribution in [1.29, 1.82) is 0 Å². The van der Waals surface area contributed by atoms with E-state index in [1.807, 2.05) is 0 Å². The Kier molecular flexibility index (Phi) is 93.6. The van der Waals surface area contributed by atoms with E-state index in [-0.39, 0.29) is 137 Å². The van der Waals surface area contributed by atoms with Crippen LogP contribution in [0.4, 0.5) is 0 Å². The average Bonchev–Trinajstić information content (AvgIpc) is 0. The summed E-state index contributed by atoms with van der Waals surface area (Å²) in [5.74, 6) is 0. The van der Waals surface area contributed by atoms with Crippen LogP contribution in [0, 0.1) is 0 Å². The van der Waals surface area contributed by atoms with E-state index < -0.39 is 0 Å². The van der Waals surface area contributed by atoms with Gasteiger partial charge in [0.05, 0.1) is 0 Å². The maximum absolute atomic E-state index is 0. The molecule has 4 heavy (non-hydrogen) atoms. The zero-order valence-electron chi connectivity index (χ0n) is 2.76. The van der Waals surface area contributed by atoms with Gasteiger partial charge in [0.1, 0.15) is 0 Å². The summed E-state index contributed by atoms with van der Waals surface area (Å²) in [5, 5.41) is 0. The van der Waals surface area contributed by atoms with Gasteiger partial charge < -0.3 is 0 Å². The minimum Gasteiger partial charge on any atom is 0 e. The quantitative estimate of drug-likeness (QED) is 0.438. The molecular weight excluding hydrogens is 188 g/mol. The molecule has 0 amide bonds. The minimum atomic E-state index is 0. The Morgan fingerprint density at radius 2 is 0.500 bits per heavy atom. The van der Waals surface area contributed by atoms with Gasteiger partial charge in [0.15, 0.2) is 0 Å². The Morgan fingerprint density at radius 3 is 0.500 bits per heavy atom. The molecule has 16 valence electrons. The predicted molar refractivity (Wildman–Crippen MR) is 11.5 cm³/mol. The SMILES string of the molecule is [K].[K].[Mn].[Mn]. The Hall–Kier alpha value is 4.31. The molecule has 0 unspecified atom stereocenters. The van der Waals surface area contributed by atoms with Crippen molar-refractivity contribution >= 4 is 103 Å².